The van der Waals surface area contributed by atoms with Crippen LogP contribution in [-0.2, 0) is 0 Å². The molecule has 4 aromatic carbocycles. The Bertz CT molecular complexity index is 1790. The van der Waals surface area contributed by atoms with E-state index in [1.807, 2.05) is 0 Å². The van der Waals surface area contributed by atoms with E-state index in [1.54, 1.807) is 0 Å². The van der Waals surface area contributed by atoms with E-state index in [0.717, 1.165) is 12.1 Å². The Kier molecular flexibility index (Phi) is 10.3. The number of rotatable bonds is 6. The number of halogens is 17. The van der Waals surface area contributed by atoms with Gasteiger partial charge in [0.15, 0.2) is 52.4 Å². The zero-order chi connectivity index (χ0) is 37.3. The summed E-state index contributed by atoms with van der Waals surface area (Å²) in [5.74, 6) is -50.9. The van der Waals surface area contributed by atoms with Gasteiger partial charge in [-0.15, -0.1) is 16.4 Å². The molecule has 0 amide bonds. The molecule has 0 aromatic heterocycles. The molecule has 0 aliphatic rings. The molecule has 0 aliphatic carbocycles. The van der Waals surface area contributed by atoms with Gasteiger partial charge >= 0.3 is 0 Å². The van der Waals surface area contributed by atoms with E-state index in [1.165, 1.54) is 39.0 Å². The van der Waals surface area contributed by atoms with Gasteiger partial charge in [0.1, 0.15) is 68.7 Å². The third-order valence-corrected chi connectivity index (χ3v) is 14.6. The number of benzene rings is 4. The second-order valence-electron chi connectivity index (χ2n) is 11.5. The van der Waals surface area contributed by atoms with Gasteiger partial charge in [-0.2, -0.15) is 5.98 Å². The zero-order valence-corrected chi connectivity index (χ0v) is 26.8. The van der Waals surface area contributed by atoms with E-state index >= 15 is 26.3 Å². The molecule has 0 N–H and O–H groups in total. The van der Waals surface area contributed by atoms with Crippen molar-refractivity contribution in [1.29, 1.82) is 0 Å². The second kappa shape index (κ2) is 13.1. The predicted octanol–water partition coefficient (Wildman–Crippen LogP) is 9.95. The molecule has 0 atom stereocenters. The molecule has 0 radical (unpaired) electrons. The Morgan fingerprint density at radius 2 is 0.714 bits per heavy atom. The minimum Gasteiger partial charge on any atom is -0.207 e. The summed E-state index contributed by atoms with van der Waals surface area (Å²) in [6, 6.07) is 5.69. The van der Waals surface area contributed by atoms with Crippen molar-refractivity contribution < 1.29 is 65.9 Å². The van der Waals surface area contributed by atoms with Crippen LogP contribution in [0.25, 0.3) is 5.31 Å². The van der Waals surface area contributed by atoms with Crippen LogP contribution < -0.4 is 16.4 Å². The van der Waals surface area contributed by atoms with Gasteiger partial charge in [-0.3, -0.25) is 0 Å². The topological polar surface area (TPSA) is 0 Å². The van der Waals surface area contributed by atoms with Crippen molar-refractivity contribution in [3.8, 4) is 0 Å². The van der Waals surface area contributed by atoms with Crippen LogP contribution in [0.15, 0.2) is 36.3 Å². The third kappa shape index (κ3) is 5.77. The normalized spacial score (nSPS) is 13.0. The number of hydrogen-bond acceptors (Lipinski definition) is 0. The average Bonchev–Trinajstić information content (AvgIpc) is 3.05. The fourth-order valence-electron chi connectivity index (χ4n) is 5.31. The van der Waals surface area contributed by atoms with Crippen LogP contribution in [0.5, 0.6) is 0 Å². The third-order valence-electron chi connectivity index (χ3n) is 7.72. The largest absolute Gasteiger partial charge is 0.245 e. The molecule has 0 spiro atoms. The van der Waals surface area contributed by atoms with Crippen LogP contribution in [0.1, 0.15) is 26.3 Å². The van der Waals surface area contributed by atoms with Crippen LogP contribution in [0.2, 0.25) is 0 Å². The molecular weight excluding hydrogens is 758 g/mol. The van der Waals surface area contributed by atoms with Gasteiger partial charge in [0.05, 0.1) is 5.31 Å². The molecule has 0 heterocycles. The summed E-state index contributed by atoms with van der Waals surface area (Å²) in [4.78, 5) is 0. The molecule has 0 nitrogen and oxygen atoms in total. The highest BCUT2D eigenvalue weighted by Gasteiger charge is 2.55. The van der Waals surface area contributed by atoms with Gasteiger partial charge in [0.2, 0.25) is 5.97 Å². The summed E-state index contributed by atoms with van der Waals surface area (Å²) in [5, 5.41) is -2.48. The monoisotopic (exact) mass is 772 g/mol. The fourth-order valence-corrected chi connectivity index (χ4v) is 7.84. The van der Waals surface area contributed by atoms with Crippen molar-refractivity contribution in [2.45, 2.75) is 25.9 Å². The van der Waals surface area contributed by atoms with Gasteiger partial charge < -0.3 is 0 Å². The van der Waals surface area contributed by atoms with Crippen molar-refractivity contribution in [3.63, 3.8) is 0 Å². The van der Waals surface area contributed by atoms with Crippen LogP contribution in [0, 0.1) is 87.3 Å². The lowest BCUT2D eigenvalue weighted by Crippen LogP contribution is -2.72. The summed E-state index contributed by atoms with van der Waals surface area (Å²) in [7, 11) is 0. The van der Waals surface area contributed by atoms with Gasteiger partial charge in [0.25, 0.3) is 0 Å². The molecule has 0 unspecified atom stereocenters. The summed E-state index contributed by atoms with van der Waals surface area (Å²) in [6.07, 6.45) is -6.01. The quantitative estimate of drug-likeness (QED) is 0.0602. The molecule has 0 fully saturated rings. The first-order chi connectivity index (χ1) is 22.5. The van der Waals surface area contributed by atoms with Crippen molar-refractivity contribution in [1.82, 2.24) is 0 Å². The van der Waals surface area contributed by atoms with Crippen molar-refractivity contribution in [2.24, 2.45) is 0 Å². The Balaban J connectivity index is 2.63. The molecule has 19 heteroatoms. The minimum atomic E-state index is -6.01. The summed E-state index contributed by atoms with van der Waals surface area (Å²) in [5.41, 5.74) is -8.76. The first-order valence-electron chi connectivity index (χ1n) is 13.3. The molecule has 4 rings (SSSR count). The number of hydrogen-bond donors (Lipinski definition) is 0. The van der Waals surface area contributed by atoms with Crippen LogP contribution >= 0.6 is 28.4 Å². The van der Waals surface area contributed by atoms with Gasteiger partial charge in [-0.05, 0) is 20.8 Å². The average molecular weight is 773 g/mol. The first-order valence-corrected chi connectivity index (χ1v) is 16.9. The van der Waals surface area contributed by atoms with Crippen LogP contribution in [0.3, 0.4) is 0 Å². The molecule has 0 aliphatic heterocycles. The van der Waals surface area contributed by atoms with E-state index in [9.17, 15) is 39.5 Å². The highest BCUT2D eigenvalue weighted by molar-refractivity contribution is 8.24. The maximum atomic E-state index is 15.9. The van der Waals surface area contributed by atoms with Crippen molar-refractivity contribution in [2.75, 3.05) is 0 Å². The van der Waals surface area contributed by atoms with Crippen molar-refractivity contribution in [3.05, 3.63) is 129 Å². The molecule has 0 saturated carbocycles. The molecule has 4 aromatic rings. The van der Waals surface area contributed by atoms with Crippen molar-refractivity contribution >= 4 is 56.3 Å². The zero-order valence-electron chi connectivity index (χ0n) is 24.4. The maximum absolute atomic E-state index is 15.9. The summed E-state index contributed by atoms with van der Waals surface area (Å²) >= 11 is 13.4. The minimum absolute atomic E-state index is 0.177. The Morgan fingerprint density at radius 1 is 0.469 bits per heavy atom. The SMILES string of the molecule is CC(C)(C)[P+](Cl)(Cl)/C(=C/[B-](c1c(F)c(F)c(F)c(F)c1F)(c1c(F)c(F)c(F)c(F)c1F)c1c(F)c(F)c(F)c(F)c1F)c1ccccc1. The van der Waals surface area contributed by atoms with E-state index in [4.69, 9.17) is 22.5 Å². The van der Waals surface area contributed by atoms with Gasteiger partial charge in [-0.1, -0.05) is 30.3 Å². The van der Waals surface area contributed by atoms with Crippen LogP contribution in [0.4, 0.5) is 65.9 Å². The maximum Gasteiger partial charge on any atom is 0.245 e. The van der Waals surface area contributed by atoms with E-state index in [2.05, 4.69) is 0 Å². The second-order valence-corrected chi connectivity index (χ2v) is 17.9. The molecular formula is C30H15BCl2F15P. The molecule has 49 heavy (non-hydrogen) atoms. The van der Waals surface area contributed by atoms with Crippen LogP contribution in [-0.4, -0.2) is 11.3 Å². The Morgan fingerprint density at radius 3 is 0.959 bits per heavy atom. The molecule has 0 bridgehead atoms. The lowest BCUT2D eigenvalue weighted by Gasteiger charge is -2.42. The summed E-state index contributed by atoms with van der Waals surface area (Å²) in [6.45, 7) is 3.75. The first kappa shape index (κ1) is 38.4. The van der Waals surface area contributed by atoms with E-state index in [0.29, 0.717) is 0 Å². The standard InChI is InChI=1S/C30H15BCl2F15P/c1-30(2,3)49(32,33)11(10-7-5-4-6-8-10)9-31(12-15(34)21(40)27(46)22(41)16(12)35,13-17(36)23(42)28(47)24(43)18(13)37)14-19(38)25(44)29(48)26(45)20(14)39/h4-9H,1-3H3/b11-9+. The highest BCUT2D eigenvalue weighted by atomic mass is 35.9. The Labute approximate surface area is 277 Å². The van der Waals surface area contributed by atoms with Gasteiger partial charge in [-0.25, -0.2) is 65.9 Å². The molecule has 0 saturated heterocycles. The Hall–Kier alpha value is -3.36. The highest BCUT2D eigenvalue weighted by Crippen LogP contribution is 2.85. The van der Waals surface area contributed by atoms with E-state index < -0.39 is 132 Å². The smallest absolute Gasteiger partial charge is 0.207 e. The predicted molar refractivity (Wildman–Crippen MR) is 156 cm³/mol. The van der Waals surface area contributed by atoms with E-state index in [-0.39, 0.29) is 5.98 Å². The lowest BCUT2D eigenvalue weighted by molar-refractivity contribution is 0.380. The van der Waals surface area contributed by atoms with Gasteiger partial charge in [0, 0.05) is 5.56 Å². The summed E-state index contributed by atoms with van der Waals surface area (Å²) < 4.78 is 228. The lowest BCUT2D eigenvalue weighted by atomic mass is 9.15. The fraction of sp³-hybridized carbons (Fsp3) is 0.133. The molecule has 262 valence electrons.